The fraction of sp³-hybridized carbons (Fsp3) is 0.381. The summed E-state index contributed by atoms with van der Waals surface area (Å²) in [6, 6.07) is 12.1. The molecule has 1 N–H and O–H groups in total. The lowest BCUT2D eigenvalue weighted by molar-refractivity contribution is -0.121. The minimum atomic E-state index is -3.88. The predicted octanol–water partition coefficient (Wildman–Crippen LogP) is 3.63. The highest BCUT2D eigenvalue weighted by atomic mass is 32.2. The van der Waals surface area contributed by atoms with Gasteiger partial charge in [-0.3, -0.25) is 4.79 Å². The van der Waals surface area contributed by atoms with Crippen LogP contribution in [0.2, 0.25) is 0 Å². The van der Waals surface area contributed by atoms with E-state index in [4.69, 9.17) is 0 Å². The summed E-state index contributed by atoms with van der Waals surface area (Å²) in [7, 11) is -3.88. The van der Waals surface area contributed by atoms with Gasteiger partial charge in [0.2, 0.25) is 15.9 Å². The molecule has 0 spiro atoms. The first-order valence-electron chi connectivity index (χ1n) is 9.41. The second kappa shape index (κ2) is 10.3. The first kappa shape index (κ1) is 22.0. The summed E-state index contributed by atoms with van der Waals surface area (Å²) in [5.74, 6) is -0.751. The van der Waals surface area contributed by atoms with Crippen molar-refractivity contribution in [2.24, 2.45) is 0 Å². The number of sulfonamides is 1. The van der Waals surface area contributed by atoms with Crippen LogP contribution < -0.4 is 5.32 Å². The summed E-state index contributed by atoms with van der Waals surface area (Å²) in [5, 5.41) is 2.77. The zero-order chi connectivity index (χ0) is 20.6. The third-order valence-electron chi connectivity index (χ3n) is 4.35. The number of nitrogens with one attached hydrogen (secondary N) is 1. The van der Waals surface area contributed by atoms with Gasteiger partial charge in [-0.05, 0) is 43.2 Å². The van der Waals surface area contributed by atoms with E-state index in [2.05, 4.69) is 12.2 Å². The molecule has 0 radical (unpaired) electrons. The molecule has 0 heterocycles. The summed E-state index contributed by atoms with van der Waals surface area (Å²) in [5.41, 5.74) is 1.55. The van der Waals surface area contributed by atoms with Gasteiger partial charge in [-0.2, -0.15) is 4.31 Å². The maximum Gasteiger partial charge on any atom is 0.243 e. The smallest absolute Gasteiger partial charge is 0.243 e. The molecule has 0 aliphatic rings. The molecule has 2 rings (SSSR count). The third kappa shape index (κ3) is 6.42. The van der Waals surface area contributed by atoms with Crippen LogP contribution in [0.25, 0.3) is 0 Å². The number of hydrogen-bond donors (Lipinski definition) is 1. The lowest BCUT2D eigenvalue weighted by Crippen LogP contribution is -2.40. The van der Waals surface area contributed by atoms with Gasteiger partial charge in [0.25, 0.3) is 0 Å². The number of halogens is 1. The van der Waals surface area contributed by atoms with Gasteiger partial charge < -0.3 is 5.32 Å². The number of nitrogens with zero attached hydrogens (tertiary/aromatic N) is 1. The van der Waals surface area contributed by atoms with Gasteiger partial charge in [0.05, 0.1) is 11.4 Å². The Bertz CT molecular complexity index is 866. The molecular formula is C21H27FN2O3S. The van der Waals surface area contributed by atoms with Crippen molar-refractivity contribution in [1.82, 2.24) is 9.62 Å². The van der Waals surface area contributed by atoms with Gasteiger partial charge >= 0.3 is 0 Å². The van der Waals surface area contributed by atoms with E-state index in [0.717, 1.165) is 29.1 Å². The first-order valence-corrected chi connectivity index (χ1v) is 10.8. The lowest BCUT2D eigenvalue weighted by atomic mass is 10.2. The second-order valence-electron chi connectivity index (χ2n) is 6.77. The van der Waals surface area contributed by atoms with Crippen LogP contribution in [0.15, 0.2) is 53.4 Å². The van der Waals surface area contributed by atoms with E-state index in [1.165, 1.54) is 36.4 Å². The Hall–Kier alpha value is -2.25. The molecule has 1 amide bonds. The number of aryl methyl sites for hydroxylation is 1. The summed E-state index contributed by atoms with van der Waals surface area (Å²) in [6.45, 7) is 4.15. The Balaban J connectivity index is 2.20. The Morgan fingerprint density at radius 1 is 1.04 bits per heavy atom. The Morgan fingerprint density at radius 3 is 2.29 bits per heavy atom. The molecule has 0 fully saturated rings. The van der Waals surface area contributed by atoms with Crippen molar-refractivity contribution in [2.75, 3.05) is 13.1 Å². The molecule has 152 valence electrons. The predicted molar refractivity (Wildman–Crippen MR) is 108 cm³/mol. The standard InChI is InChI=1S/C21H27FN2O3S/c1-3-4-5-14-23-21(25)16-24(15-18-8-10-19(22)11-9-18)28(26,27)20-12-6-17(2)7-13-20/h6-13H,3-5,14-16H2,1-2H3,(H,23,25). The zero-order valence-corrected chi connectivity index (χ0v) is 17.1. The number of unbranched alkanes of at least 4 members (excludes halogenated alkanes) is 2. The average molecular weight is 407 g/mol. The molecule has 0 aliphatic carbocycles. The van der Waals surface area contributed by atoms with E-state index in [-0.39, 0.29) is 23.9 Å². The quantitative estimate of drug-likeness (QED) is 0.613. The molecule has 2 aromatic rings. The normalized spacial score (nSPS) is 11.6. The van der Waals surface area contributed by atoms with Crippen LogP contribution in [0, 0.1) is 12.7 Å². The van der Waals surface area contributed by atoms with E-state index in [1.807, 2.05) is 6.92 Å². The van der Waals surface area contributed by atoms with Crippen molar-refractivity contribution >= 4 is 15.9 Å². The fourth-order valence-electron chi connectivity index (χ4n) is 2.70. The number of carbonyl (C=O) groups is 1. The van der Waals surface area contributed by atoms with Crippen molar-refractivity contribution in [2.45, 2.75) is 44.6 Å². The van der Waals surface area contributed by atoms with Gasteiger partial charge in [-0.25, -0.2) is 12.8 Å². The Labute approximate surface area is 166 Å². The number of amides is 1. The van der Waals surface area contributed by atoms with Crippen LogP contribution >= 0.6 is 0 Å². The van der Waals surface area contributed by atoms with Crippen LogP contribution in [0.3, 0.4) is 0 Å². The number of carbonyl (C=O) groups excluding carboxylic acids is 1. The number of hydrogen-bond acceptors (Lipinski definition) is 3. The highest BCUT2D eigenvalue weighted by Gasteiger charge is 2.26. The van der Waals surface area contributed by atoms with Gasteiger partial charge in [0.15, 0.2) is 0 Å². The van der Waals surface area contributed by atoms with E-state index in [0.29, 0.717) is 12.1 Å². The summed E-state index contributed by atoms with van der Waals surface area (Å²) >= 11 is 0. The maximum atomic E-state index is 13.2. The zero-order valence-electron chi connectivity index (χ0n) is 16.3. The molecule has 7 heteroatoms. The molecule has 0 aliphatic heterocycles. The average Bonchev–Trinajstić information content (AvgIpc) is 2.67. The Morgan fingerprint density at radius 2 is 1.68 bits per heavy atom. The number of rotatable bonds is 10. The van der Waals surface area contributed by atoms with Gasteiger partial charge in [-0.15, -0.1) is 0 Å². The van der Waals surface area contributed by atoms with Crippen molar-refractivity contribution < 1.29 is 17.6 Å². The molecule has 0 aromatic heterocycles. The molecular weight excluding hydrogens is 379 g/mol. The molecule has 0 bridgehead atoms. The molecule has 0 saturated heterocycles. The van der Waals surface area contributed by atoms with Gasteiger partial charge in [-0.1, -0.05) is 49.6 Å². The van der Waals surface area contributed by atoms with E-state index in [1.54, 1.807) is 12.1 Å². The maximum absolute atomic E-state index is 13.2. The SMILES string of the molecule is CCCCCNC(=O)CN(Cc1ccc(F)cc1)S(=O)(=O)c1ccc(C)cc1. The monoisotopic (exact) mass is 406 g/mol. The van der Waals surface area contributed by atoms with Gasteiger partial charge in [0, 0.05) is 13.1 Å². The van der Waals surface area contributed by atoms with Crippen molar-refractivity contribution in [3.8, 4) is 0 Å². The molecule has 2 aromatic carbocycles. The van der Waals surface area contributed by atoms with Crippen molar-refractivity contribution in [3.05, 3.63) is 65.5 Å². The van der Waals surface area contributed by atoms with E-state index < -0.39 is 15.8 Å². The minimum absolute atomic E-state index is 0.0150. The molecule has 0 atom stereocenters. The summed E-state index contributed by atoms with van der Waals surface area (Å²) in [6.07, 6.45) is 2.89. The van der Waals surface area contributed by atoms with Gasteiger partial charge in [0.1, 0.15) is 5.82 Å². The highest BCUT2D eigenvalue weighted by molar-refractivity contribution is 7.89. The molecule has 0 unspecified atom stereocenters. The Kier molecular flexibility index (Phi) is 8.14. The molecule has 28 heavy (non-hydrogen) atoms. The lowest BCUT2D eigenvalue weighted by Gasteiger charge is -2.22. The number of benzene rings is 2. The molecule has 0 saturated carbocycles. The van der Waals surface area contributed by atoms with E-state index in [9.17, 15) is 17.6 Å². The van der Waals surface area contributed by atoms with Crippen LogP contribution in [0.4, 0.5) is 4.39 Å². The van der Waals surface area contributed by atoms with Crippen LogP contribution in [0.5, 0.6) is 0 Å². The van der Waals surface area contributed by atoms with Crippen molar-refractivity contribution in [1.29, 1.82) is 0 Å². The topological polar surface area (TPSA) is 66.5 Å². The van der Waals surface area contributed by atoms with E-state index >= 15 is 0 Å². The molecule has 5 nitrogen and oxygen atoms in total. The van der Waals surface area contributed by atoms with Crippen molar-refractivity contribution in [3.63, 3.8) is 0 Å². The van der Waals surface area contributed by atoms with Crippen LogP contribution in [0.1, 0.15) is 37.3 Å². The van der Waals surface area contributed by atoms with Crippen LogP contribution in [-0.2, 0) is 21.4 Å². The summed E-state index contributed by atoms with van der Waals surface area (Å²) < 4.78 is 40.5. The third-order valence-corrected chi connectivity index (χ3v) is 6.16. The first-order chi connectivity index (χ1) is 13.3. The largest absolute Gasteiger partial charge is 0.355 e. The fourth-order valence-corrected chi connectivity index (χ4v) is 4.08. The van der Waals surface area contributed by atoms with Crippen LogP contribution in [-0.4, -0.2) is 31.7 Å². The summed E-state index contributed by atoms with van der Waals surface area (Å²) in [4.78, 5) is 12.4. The highest BCUT2D eigenvalue weighted by Crippen LogP contribution is 2.19. The minimum Gasteiger partial charge on any atom is -0.355 e. The second-order valence-corrected chi connectivity index (χ2v) is 8.71.